The number of ketones is 1. The van der Waals surface area contributed by atoms with Crippen molar-refractivity contribution < 1.29 is 14.5 Å². The molecule has 0 aromatic heterocycles. The standard InChI is InChI=1S/C10H5ClN2O4/c11-3-9(15)7-2-1-6(5-14)8(4-12)10(7)13(16)17/h1-2,5H,3H2. The zero-order valence-corrected chi connectivity index (χ0v) is 9.10. The van der Waals surface area contributed by atoms with Crippen LogP contribution in [-0.2, 0) is 0 Å². The molecule has 1 rings (SSSR count). The zero-order valence-electron chi connectivity index (χ0n) is 8.34. The Hall–Kier alpha value is -2.26. The number of aldehydes is 1. The molecule has 0 N–H and O–H groups in total. The average molecular weight is 253 g/mol. The number of Topliss-reactive ketones (excluding diaryl/α,β-unsaturated/α-hetero) is 1. The fourth-order valence-electron chi connectivity index (χ4n) is 1.31. The number of halogens is 1. The molecule has 0 bridgehead atoms. The summed E-state index contributed by atoms with van der Waals surface area (Å²) in [5, 5.41) is 19.6. The lowest BCUT2D eigenvalue weighted by atomic mass is 10.0. The molecule has 0 radical (unpaired) electrons. The van der Waals surface area contributed by atoms with Crippen molar-refractivity contribution in [3.63, 3.8) is 0 Å². The molecule has 17 heavy (non-hydrogen) atoms. The van der Waals surface area contributed by atoms with Crippen LogP contribution in [0, 0.1) is 21.4 Å². The van der Waals surface area contributed by atoms with Gasteiger partial charge >= 0.3 is 0 Å². The third kappa shape index (κ3) is 2.29. The quantitative estimate of drug-likeness (QED) is 0.267. The van der Waals surface area contributed by atoms with E-state index in [1.54, 1.807) is 6.07 Å². The van der Waals surface area contributed by atoms with E-state index in [0.29, 0.717) is 6.29 Å². The van der Waals surface area contributed by atoms with Crippen molar-refractivity contribution in [2.24, 2.45) is 0 Å². The lowest BCUT2D eigenvalue weighted by Crippen LogP contribution is -2.08. The van der Waals surface area contributed by atoms with E-state index in [0.717, 1.165) is 6.07 Å². The summed E-state index contributed by atoms with van der Waals surface area (Å²) in [5.41, 5.74) is -1.51. The molecule has 0 fully saturated rings. The number of nitriles is 1. The average Bonchev–Trinajstić information content (AvgIpc) is 2.35. The maximum Gasteiger partial charge on any atom is 0.298 e. The number of nitro benzene ring substituents is 1. The summed E-state index contributed by atoms with van der Waals surface area (Å²) in [6.45, 7) is 0. The Bertz CT molecular complexity index is 548. The van der Waals surface area contributed by atoms with E-state index in [2.05, 4.69) is 0 Å². The smallest absolute Gasteiger partial charge is 0.298 e. The van der Waals surface area contributed by atoms with E-state index >= 15 is 0 Å². The summed E-state index contributed by atoms with van der Waals surface area (Å²) >= 11 is 5.31. The lowest BCUT2D eigenvalue weighted by Gasteiger charge is -2.03. The molecule has 1 aromatic carbocycles. The van der Waals surface area contributed by atoms with Gasteiger partial charge in [-0.15, -0.1) is 11.6 Å². The minimum Gasteiger partial charge on any atom is -0.298 e. The topological polar surface area (TPSA) is 101 Å². The number of carbonyl (C=O) groups excluding carboxylic acids is 2. The lowest BCUT2D eigenvalue weighted by molar-refractivity contribution is -0.385. The van der Waals surface area contributed by atoms with Gasteiger partial charge in [0.25, 0.3) is 5.69 Å². The van der Waals surface area contributed by atoms with Gasteiger partial charge in [-0.3, -0.25) is 19.7 Å². The molecule has 6 nitrogen and oxygen atoms in total. The minimum absolute atomic E-state index is 0.134. The Morgan fingerprint density at radius 2 is 2.24 bits per heavy atom. The highest BCUT2D eigenvalue weighted by molar-refractivity contribution is 6.31. The van der Waals surface area contributed by atoms with E-state index in [9.17, 15) is 19.7 Å². The van der Waals surface area contributed by atoms with Gasteiger partial charge in [0.05, 0.1) is 16.4 Å². The summed E-state index contributed by atoms with van der Waals surface area (Å²) in [6.07, 6.45) is 0.320. The number of alkyl halides is 1. The predicted octanol–water partition coefficient (Wildman–Crippen LogP) is 1.70. The first kappa shape index (κ1) is 12.8. The third-order valence-electron chi connectivity index (χ3n) is 2.05. The van der Waals surface area contributed by atoms with Crippen LogP contribution in [0.1, 0.15) is 26.3 Å². The van der Waals surface area contributed by atoms with Gasteiger partial charge < -0.3 is 0 Å². The number of nitrogens with zero attached hydrogens (tertiary/aromatic N) is 2. The first-order chi connectivity index (χ1) is 8.06. The van der Waals surface area contributed by atoms with Crippen molar-refractivity contribution in [1.82, 2.24) is 0 Å². The maximum absolute atomic E-state index is 11.4. The van der Waals surface area contributed by atoms with Crippen molar-refractivity contribution in [3.8, 4) is 6.07 Å². The number of hydrogen-bond acceptors (Lipinski definition) is 5. The Morgan fingerprint density at radius 1 is 1.59 bits per heavy atom. The summed E-state index contributed by atoms with van der Waals surface area (Å²) in [6, 6.07) is 3.84. The largest absolute Gasteiger partial charge is 0.298 e. The number of carbonyl (C=O) groups is 2. The van der Waals surface area contributed by atoms with Crippen molar-refractivity contribution in [3.05, 3.63) is 38.9 Å². The predicted molar refractivity (Wildman–Crippen MR) is 58.2 cm³/mol. The molecule has 0 atom stereocenters. The van der Waals surface area contributed by atoms with Gasteiger partial charge in [0.1, 0.15) is 11.6 Å². The molecule has 0 aliphatic heterocycles. The number of nitro groups is 1. The Morgan fingerprint density at radius 3 is 2.65 bits per heavy atom. The Kier molecular flexibility index (Phi) is 3.91. The number of rotatable bonds is 4. The van der Waals surface area contributed by atoms with Crippen LogP contribution in [0.5, 0.6) is 0 Å². The molecule has 0 aliphatic rings. The van der Waals surface area contributed by atoms with E-state index in [4.69, 9.17) is 16.9 Å². The van der Waals surface area contributed by atoms with Gasteiger partial charge in [-0.2, -0.15) is 5.26 Å². The minimum atomic E-state index is -0.870. The van der Waals surface area contributed by atoms with Crippen molar-refractivity contribution in [2.45, 2.75) is 0 Å². The van der Waals surface area contributed by atoms with Crippen LogP contribution in [0.3, 0.4) is 0 Å². The highest BCUT2D eigenvalue weighted by atomic mass is 35.5. The van der Waals surface area contributed by atoms with E-state index in [-0.39, 0.29) is 11.1 Å². The van der Waals surface area contributed by atoms with E-state index in [1.165, 1.54) is 6.07 Å². The van der Waals surface area contributed by atoms with Crippen LogP contribution in [0.4, 0.5) is 5.69 Å². The highest BCUT2D eigenvalue weighted by Gasteiger charge is 2.26. The number of hydrogen-bond donors (Lipinski definition) is 0. The molecule has 0 saturated heterocycles. The molecule has 0 saturated carbocycles. The molecular weight excluding hydrogens is 248 g/mol. The van der Waals surface area contributed by atoms with Gasteiger partial charge in [0.2, 0.25) is 0 Å². The zero-order chi connectivity index (χ0) is 13.0. The summed E-state index contributed by atoms with van der Waals surface area (Å²) in [5.74, 6) is -1.11. The third-order valence-corrected chi connectivity index (χ3v) is 2.30. The molecular formula is C10H5ClN2O4. The van der Waals surface area contributed by atoms with Crippen LogP contribution in [-0.4, -0.2) is 22.9 Å². The molecule has 1 aromatic rings. The van der Waals surface area contributed by atoms with Crippen LogP contribution >= 0.6 is 11.6 Å². The number of benzene rings is 1. The van der Waals surface area contributed by atoms with Gasteiger partial charge in [-0.1, -0.05) is 0 Å². The van der Waals surface area contributed by atoms with Gasteiger partial charge in [-0.05, 0) is 12.1 Å². The van der Waals surface area contributed by atoms with Crippen LogP contribution in [0.15, 0.2) is 12.1 Å². The van der Waals surface area contributed by atoms with Crippen molar-refractivity contribution >= 4 is 29.4 Å². The first-order valence-electron chi connectivity index (χ1n) is 4.32. The first-order valence-corrected chi connectivity index (χ1v) is 4.86. The van der Waals surface area contributed by atoms with Gasteiger partial charge in [-0.25, -0.2) is 0 Å². The van der Waals surface area contributed by atoms with Crippen LogP contribution in [0.25, 0.3) is 0 Å². The fourth-order valence-corrected chi connectivity index (χ4v) is 1.45. The van der Waals surface area contributed by atoms with E-state index < -0.39 is 27.8 Å². The Balaban J connectivity index is 3.66. The second-order valence-corrected chi connectivity index (χ2v) is 3.24. The molecule has 0 amide bonds. The monoisotopic (exact) mass is 252 g/mol. The second kappa shape index (κ2) is 5.18. The van der Waals surface area contributed by atoms with Gasteiger partial charge in [0, 0.05) is 5.56 Å². The van der Waals surface area contributed by atoms with Crippen molar-refractivity contribution in [1.29, 1.82) is 5.26 Å². The molecule has 0 unspecified atom stereocenters. The maximum atomic E-state index is 11.4. The highest BCUT2D eigenvalue weighted by Crippen LogP contribution is 2.26. The van der Waals surface area contributed by atoms with Crippen LogP contribution < -0.4 is 0 Å². The molecule has 0 heterocycles. The molecule has 0 aliphatic carbocycles. The second-order valence-electron chi connectivity index (χ2n) is 2.97. The summed E-state index contributed by atoms with van der Waals surface area (Å²) in [4.78, 5) is 32.0. The van der Waals surface area contributed by atoms with E-state index in [1.807, 2.05) is 0 Å². The SMILES string of the molecule is N#Cc1c(C=O)ccc(C(=O)CCl)c1[N+](=O)[O-]. The normalized spacial score (nSPS) is 9.41. The molecule has 86 valence electrons. The molecule has 0 spiro atoms. The molecule has 7 heteroatoms. The summed E-state index contributed by atoms with van der Waals surface area (Å²) in [7, 11) is 0. The summed E-state index contributed by atoms with van der Waals surface area (Å²) < 4.78 is 0. The van der Waals surface area contributed by atoms with Gasteiger partial charge in [0.15, 0.2) is 12.1 Å². The van der Waals surface area contributed by atoms with Crippen LogP contribution in [0.2, 0.25) is 0 Å². The fraction of sp³-hybridized carbons (Fsp3) is 0.100. The Labute approximate surface area is 101 Å². The van der Waals surface area contributed by atoms with Crippen molar-refractivity contribution in [2.75, 3.05) is 5.88 Å².